The molecule has 0 amide bonds. The van der Waals surface area contributed by atoms with Crippen LogP contribution >= 0.6 is 0 Å². The van der Waals surface area contributed by atoms with Gasteiger partial charge >= 0.3 is 0 Å². The predicted molar refractivity (Wildman–Crippen MR) is 71.2 cm³/mol. The van der Waals surface area contributed by atoms with Crippen molar-refractivity contribution in [2.24, 2.45) is 5.16 Å². The lowest BCUT2D eigenvalue weighted by Crippen LogP contribution is -2.00. The monoisotopic (exact) mass is 259 g/mol. The standard InChI is InChI=1S/C15H14FNO2/c1-11(17-18)12-6-4-7-14(9-12)19-10-13-5-2-3-8-15(13)16/h2-9,18H,10H2,1H3/b17-11+. The topological polar surface area (TPSA) is 41.8 Å². The van der Waals surface area contributed by atoms with Crippen molar-refractivity contribution in [1.82, 2.24) is 0 Å². The second-order valence-electron chi connectivity index (χ2n) is 4.09. The summed E-state index contributed by atoms with van der Waals surface area (Å²) in [5.74, 6) is 0.315. The molecule has 3 nitrogen and oxygen atoms in total. The van der Waals surface area contributed by atoms with Gasteiger partial charge in [0.2, 0.25) is 0 Å². The van der Waals surface area contributed by atoms with Crippen LogP contribution in [0.5, 0.6) is 5.75 Å². The molecular weight excluding hydrogens is 245 g/mol. The van der Waals surface area contributed by atoms with Crippen molar-refractivity contribution in [3.63, 3.8) is 0 Å². The highest BCUT2D eigenvalue weighted by Crippen LogP contribution is 2.16. The van der Waals surface area contributed by atoms with E-state index in [0.29, 0.717) is 17.0 Å². The molecule has 0 spiro atoms. The number of hydrogen-bond donors (Lipinski definition) is 1. The van der Waals surface area contributed by atoms with Gasteiger partial charge in [0, 0.05) is 11.1 Å². The first-order valence-electron chi connectivity index (χ1n) is 5.86. The van der Waals surface area contributed by atoms with Gasteiger partial charge in [-0.1, -0.05) is 35.5 Å². The SMILES string of the molecule is C/C(=N\O)c1cccc(OCc2ccccc2F)c1. The summed E-state index contributed by atoms with van der Waals surface area (Å²) < 4.78 is 19.0. The number of oxime groups is 1. The highest BCUT2D eigenvalue weighted by molar-refractivity contribution is 5.98. The Bertz CT molecular complexity index is 596. The maximum Gasteiger partial charge on any atom is 0.129 e. The van der Waals surface area contributed by atoms with Crippen LogP contribution in [0.3, 0.4) is 0 Å². The molecule has 2 aromatic rings. The van der Waals surface area contributed by atoms with Crippen molar-refractivity contribution < 1.29 is 14.3 Å². The molecule has 2 aromatic carbocycles. The number of rotatable bonds is 4. The van der Waals surface area contributed by atoms with Gasteiger partial charge in [0.25, 0.3) is 0 Å². The first kappa shape index (κ1) is 13.1. The quantitative estimate of drug-likeness (QED) is 0.518. The van der Waals surface area contributed by atoms with E-state index in [2.05, 4.69) is 5.16 Å². The highest BCUT2D eigenvalue weighted by atomic mass is 19.1. The molecule has 0 saturated carbocycles. The van der Waals surface area contributed by atoms with Gasteiger partial charge in [0.1, 0.15) is 18.2 Å². The van der Waals surface area contributed by atoms with E-state index in [1.54, 1.807) is 43.3 Å². The smallest absolute Gasteiger partial charge is 0.129 e. The van der Waals surface area contributed by atoms with Gasteiger partial charge in [0.15, 0.2) is 0 Å². The van der Waals surface area contributed by atoms with Crippen molar-refractivity contribution in [3.8, 4) is 5.75 Å². The lowest BCUT2D eigenvalue weighted by atomic mass is 10.1. The van der Waals surface area contributed by atoms with E-state index in [0.717, 1.165) is 5.56 Å². The average Bonchev–Trinajstić information content (AvgIpc) is 2.46. The van der Waals surface area contributed by atoms with Gasteiger partial charge in [-0.25, -0.2) is 4.39 Å². The minimum atomic E-state index is -0.285. The Morgan fingerprint density at radius 3 is 2.74 bits per heavy atom. The average molecular weight is 259 g/mol. The molecule has 0 aliphatic carbocycles. The Morgan fingerprint density at radius 1 is 1.21 bits per heavy atom. The number of halogens is 1. The highest BCUT2D eigenvalue weighted by Gasteiger charge is 2.03. The summed E-state index contributed by atoms with van der Waals surface area (Å²) in [6.45, 7) is 1.85. The normalized spacial score (nSPS) is 11.4. The van der Waals surface area contributed by atoms with E-state index in [4.69, 9.17) is 9.94 Å². The summed E-state index contributed by atoms with van der Waals surface area (Å²) in [7, 11) is 0. The Hall–Kier alpha value is -2.36. The second kappa shape index (κ2) is 6.00. The summed E-state index contributed by atoms with van der Waals surface area (Å²) in [5.41, 5.74) is 1.75. The fourth-order valence-corrected chi connectivity index (χ4v) is 1.65. The van der Waals surface area contributed by atoms with Crippen molar-refractivity contribution in [3.05, 3.63) is 65.5 Å². The van der Waals surface area contributed by atoms with E-state index in [1.807, 2.05) is 6.07 Å². The molecule has 0 heterocycles. The largest absolute Gasteiger partial charge is 0.489 e. The third kappa shape index (κ3) is 3.31. The van der Waals surface area contributed by atoms with E-state index >= 15 is 0 Å². The summed E-state index contributed by atoms with van der Waals surface area (Å²) in [4.78, 5) is 0. The Labute approximate surface area is 111 Å². The van der Waals surface area contributed by atoms with Crippen LogP contribution in [0.1, 0.15) is 18.1 Å². The second-order valence-corrected chi connectivity index (χ2v) is 4.09. The van der Waals surface area contributed by atoms with Crippen molar-refractivity contribution in [2.45, 2.75) is 13.5 Å². The maximum absolute atomic E-state index is 13.4. The van der Waals surface area contributed by atoms with Gasteiger partial charge in [-0.3, -0.25) is 0 Å². The minimum absolute atomic E-state index is 0.158. The molecule has 0 aliphatic heterocycles. The molecule has 0 fully saturated rings. The van der Waals surface area contributed by atoms with Gasteiger partial charge in [0.05, 0.1) is 5.71 Å². The molecule has 19 heavy (non-hydrogen) atoms. The maximum atomic E-state index is 13.4. The number of benzene rings is 2. The molecule has 0 atom stereocenters. The van der Waals surface area contributed by atoms with Crippen LogP contribution < -0.4 is 4.74 Å². The number of nitrogens with zero attached hydrogens (tertiary/aromatic N) is 1. The fraction of sp³-hybridized carbons (Fsp3) is 0.133. The molecule has 0 radical (unpaired) electrons. The molecule has 0 unspecified atom stereocenters. The lowest BCUT2D eigenvalue weighted by molar-refractivity contribution is 0.299. The molecule has 1 N–H and O–H groups in total. The van der Waals surface area contributed by atoms with Crippen LogP contribution in [0, 0.1) is 5.82 Å². The van der Waals surface area contributed by atoms with Crippen molar-refractivity contribution in [1.29, 1.82) is 0 Å². The summed E-state index contributed by atoms with van der Waals surface area (Å²) in [6, 6.07) is 13.6. The first-order valence-corrected chi connectivity index (χ1v) is 5.86. The Morgan fingerprint density at radius 2 is 2.00 bits per heavy atom. The molecule has 2 rings (SSSR count). The predicted octanol–water partition coefficient (Wildman–Crippen LogP) is 3.60. The number of hydrogen-bond acceptors (Lipinski definition) is 3. The Balaban J connectivity index is 2.10. The van der Waals surface area contributed by atoms with Crippen LogP contribution in [0.4, 0.5) is 4.39 Å². The van der Waals surface area contributed by atoms with Crippen LogP contribution in [0.15, 0.2) is 53.7 Å². The molecule has 4 heteroatoms. The molecular formula is C15H14FNO2. The lowest BCUT2D eigenvalue weighted by Gasteiger charge is -2.08. The van der Waals surface area contributed by atoms with Gasteiger partial charge < -0.3 is 9.94 Å². The van der Waals surface area contributed by atoms with Crippen LogP contribution in [0.25, 0.3) is 0 Å². The Kier molecular flexibility index (Phi) is 4.13. The molecule has 0 bridgehead atoms. The molecule has 0 aliphatic rings. The van der Waals surface area contributed by atoms with Crippen LogP contribution in [-0.2, 0) is 6.61 Å². The van der Waals surface area contributed by atoms with Gasteiger partial charge in [-0.2, -0.15) is 0 Å². The van der Waals surface area contributed by atoms with Crippen LogP contribution in [-0.4, -0.2) is 10.9 Å². The summed E-state index contributed by atoms with van der Waals surface area (Å²) >= 11 is 0. The van der Waals surface area contributed by atoms with Gasteiger partial charge in [-0.15, -0.1) is 0 Å². The van der Waals surface area contributed by atoms with Crippen molar-refractivity contribution in [2.75, 3.05) is 0 Å². The van der Waals surface area contributed by atoms with Gasteiger partial charge in [-0.05, 0) is 25.1 Å². The molecule has 98 valence electrons. The minimum Gasteiger partial charge on any atom is -0.489 e. The zero-order chi connectivity index (χ0) is 13.7. The first-order chi connectivity index (χ1) is 9.20. The zero-order valence-electron chi connectivity index (χ0n) is 10.5. The molecule has 0 saturated heterocycles. The zero-order valence-corrected chi connectivity index (χ0v) is 10.5. The number of ether oxygens (including phenoxy) is 1. The van der Waals surface area contributed by atoms with Crippen molar-refractivity contribution >= 4 is 5.71 Å². The van der Waals surface area contributed by atoms with E-state index < -0.39 is 0 Å². The summed E-state index contributed by atoms with van der Waals surface area (Å²) in [6.07, 6.45) is 0. The van der Waals surface area contributed by atoms with E-state index in [9.17, 15) is 4.39 Å². The molecule has 0 aromatic heterocycles. The van der Waals surface area contributed by atoms with E-state index in [1.165, 1.54) is 6.07 Å². The van der Waals surface area contributed by atoms with E-state index in [-0.39, 0.29) is 12.4 Å². The fourth-order valence-electron chi connectivity index (χ4n) is 1.65. The summed E-state index contributed by atoms with van der Waals surface area (Å²) in [5, 5.41) is 11.9. The third-order valence-corrected chi connectivity index (χ3v) is 2.75. The third-order valence-electron chi connectivity index (χ3n) is 2.75. The van der Waals surface area contributed by atoms with Crippen LogP contribution in [0.2, 0.25) is 0 Å².